The average Bonchev–Trinajstić information content (AvgIpc) is 2.39. The van der Waals surface area contributed by atoms with E-state index in [1.54, 1.807) is 0 Å². The molecule has 0 saturated carbocycles. The van der Waals surface area contributed by atoms with E-state index in [1.807, 2.05) is 11.8 Å². The minimum absolute atomic E-state index is 0.734. The minimum Gasteiger partial charge on any atom is -0.370 e. The van der Waals surface area contributed by atoms with Gasteiger partial charge in [0.1, 0.15) is 4.32 Å². The van der Waals surface area contributed by atoms with Crippen molar-refractivity contribution in [1.29, 1.82) is 0 Å². The highest BCUT2D eigenvalue weighted by molar-refractivity contribution is 8.23. The van der Waals surface area contributed by atoms with Gasteiger partial charge in [-0.05, 0) is 5.92 Å². The van der Waals surface area contributed by atoms with Gasteiger partial charge < -0.3 is 5.32 Å². The van der Waals surface area contributed by atoms with E-state index in [0.717, 1.165) is 22.0 Å². The second-order valence-corrected chi connectivity index (χ2v) is 4.82. The van der Waals surface area contributed by atoms with Crippen LogP contribution in [0.15, 0.2) is 0 Å². The van der Waals surface area contributed by atoms with Crippen LogP contribution in [0.25, 0.3) is 0 Å². The van der Waals surface area contributed by atoms with Gasteiger partial charge in [-0.2, -0.15) is 0 Å². The van der Waals surface area contributed by atoms with Crippen molar-refractivity contribution in [2.45, 2.75) is 31.9 Å². The lowest BCUT2D eigenvalue weighted by Crippen LogP contribution is -2.21. The summed E-state index contributed by atoms with van der Waals surface area (Å²) >= 11 is 6.91. The molecule has 1 saturated heterocycles. The molecule has 0 radical (unpaired) electrons. The SMILES string of the molecule is CCC(CC)C1CNC(=S)S1. The van der Waals surface area contributed by atoms with Gasteiger partial charge in [0.15, 0.2) is 0 Å². The zero-order valence-corrected chi connectivity index (χ0v) is 8.73. The predicted octanol–water partition coefficient (Wildman–Crippen LogP) is 2.41. The van der Waals surface area contributed by atoms with E-state index in [0.29, 0.717) is 0 Å². The summed E-state index contributed by atoms with van der Waals surface area (Å²) in [4.78, 5) is 0. The fraction of sp³-hybridized carbons (Fsp3) is 0.875. The first-order valence-electron chi connectivity index (χ1n) is 4.22. The van der Waals surface area contributed by atoms with Crippen LogP contribution in [0, 0.1) is 5.92 Å². The summed E-state index contributed by atoms with van der Waals surface area (Å²) in [5.74, 6) is 0.841. The Balaban J connectivity index is 2.40. The first-order valence-corrected chi connectivity index (χ1v) is 5.51. The minimum atomic E-state index is 0.734. The molecule has 1 aliphatic heterocycles. The van der Waals surface area contributed by atoms with Crippen molar-refractivity contribution < 1.29 is 0 Å². The third kappa shape index (κ3) is 2.34. The molecular weight excluding hydrogens is 174 g/mol. The smallest absolute Gasteiger partial charge is 0.134 e. The first kappa shape index (κ1) is 9.33. The molecule has 11 heavy (non-hydrogen) atoms. The lowest BCUT2D eigenvalue weighted by atomic mass is 9.99. The first-order chi connectivity index (χ1) is 5.27. The molecule has 1 rings (SSSR count). The molecule has 1 unspecified atom stereocenters. The third-order valence-electron chi connectivity index (χ3n) is 2.28. The van der Waals surface area contributed by atoms with Crippen molar-refractivity contribution in [3.8, 4) is 0 Å². The summed E-state index contributed by atoms with van der Waals surface area (Å²) in [5.41, 5.74) is 0. The molecule has 1 aliphatic rings. The Labute approximate surface area is 78.3 Å². The molecule has 1 atom stereocenters. The number of hydrogen-bond acceptors (Lipinski definition) is 2. The number of thioether (sulfide) groups is 1. The van der Waals surface area contributed by atoms with Gasteiger partial charge in [-0.3, -0.25) is 0 Å². The van der Waals surface area contributed by atoms with E-state index in [2.05, 4.69) is 19.2 Å². The van der Waals surface area contributed by atoms with Gasteiger partial charge in [-0.15, -0.1) is 0 Å². The van der Waals surface area contributed by atoms with E-state index < -0.39 is 0 Å². The fourth-order valence-electron chi connectivity index (χ4n) is 1.48. The van der Waals surface area contributed by atoms with Gasteiger partial charge in [0.25, 0.3) is 0 Å². The Morgan fingerprint density at radius 3 is 2.64 bits per heavy atom. The van der Waals surface area contributed by atoms with Crippen molar-refractivity contribution in [3.63, 3.8) is 0 Å². The summed E-state index contributed by atoms with van der Waals surface area (Å²) in [6.07, 6.45) is 2.55. The zero-order valence-electron chi connectivity index (χ0n) is 7.09. The highest BCUT2D eigenvalue weighted by atomic mass is 32.2. The van der Waals surface area contributed by atoms with Crippen LogP contribution in [0.1, 0.15) is 26.7 Å². The maximum absolute atomic E-state index is 5.06. The number of thiocarbonyl (C=S) groups is 1. The molecule has 0 spiro atoms. The van der Waals surface area contributed by atoms with E-state index in [1.165, 1.54) is 12.8 Å². The summed E-state index contributed by atoms with van der Waals surface area (Å²) in [6.45, 7) is 5.60. The van der Waals surface area contributed by atoms with Crippen molar-refractivity contribution in [2.24, 2.45) is 5.92 Å². The van der Waals surface area contributed by atoms with Gasteiger partial charge in [-0.1, -0.05) is 50.7 Å². The van der Waals surface area contributed by atoms with E-state index >= 15 is 0 Å². The second kappa shape index (κ2) is 4.31. The molecule has 1 nitrogen and oxygen atoms in total. The van der Waals surface area contributed by atoms with Crippen LogP contribution in [-0.2, 0) is 0 Å². The zero-order chi connectivity index (χ0) is 8.27. The monoisotopic (exact) mass is 189 g/mol. The fourth-order valence-corrected chi connectivity index (χ4v) is 3.12. The topological polar surface area (TPSA) is 12.0 Å². The maximum Gasteiger partial charge on any atom is 0.134 e. The Kier molecular flexibility index (Phi) is 3.66. The Bertz CT molecular complexity index is 143. The molecule has 0 aromatic heterocycles. The number of hydrogen-bond donors (Lipinski definition) is 1. The Morgan fingerprint density at radius 1 is 1.64 bits per heavy atom. The quantitative estimate of drug-likeness (QED) is 0.685. The highest BCUT2D eigenvalue weighted by Gasteiger charge is 2.25. The van der Waals surface area contributed by atoms with Crippen LogP contribution >= 0.6 is 24.0 Å². The summed E-state index contributed by atoms with van der Waals surface area (Å²) in [6, 6.07) is 0. The van der Waals surface area contributed by atoms with Crippen LogP contribution < -0.4 is 5.32 Å². The van der Waals surface area contributed by atoms with Gasteiger partial charge in [0.2, 0.25) is 0 Å². The molecular formula is C8H15NS2. The van der Waals surface area contributed by atoms with Gasteiger partial charge in [0.05, 0.1) is 0 Å². The second-order valence-electron chi connectivity index (χ2n) is 2.90. The van der Waals surface area contributed by atoms with E-state index in [9.17, 15) is 0 Å². The van der Waals surface area contributed by atoms with Crippen molar-refractivity contribution in [2.75, 3.05) is 6.54 Å². The molecule has 1 fully saturated rings. The number of nitrogens with one attached hydrogen (secondary N) is 1. The van der Waals surface area contributed by atoms with Crippen LogP contribution in [-0.4, -0.2) is 16.1 Å². The molecule has 1 N–H and O–H groups in total. The maximum atomic E-state index is 5.06. The van der Waals surface area contributed by atoms with Crippen molar-refractivity contribution in [3.05, 3.63) is 0 Å². The summed E-state index contributed by atoms with van der Waals surface area (Å²) in [7, 11) is 0. The Hall–Kier alpha value is 0.240. The largest absolute Gasteiger partial charge is 0.370 e. The van der Waals surface area contributed by atoms with Gasteiger partial charge in [0, 0.05) is 11.8 Å². The van der Waals surface area contributed by atoms with E-state index in [4.69, 9.17) is 12.2 Å². The molecule has 64 valence electrons. The molecule has 0 aliphatic carbocycles. The molecule has 0 bridgehead atoms. The van der Waals surface area contributed by atoms with Gasteiger partial charge in [-0.25, -0.2) is 0 Å². The summed E-state index contributed by atoms with van der Waals surface area (Å²) < 4.78 is 0.988. The normalized spacial score (nSPS) is 24.3. The third-order valence-corrected chi connectivity index (χ3v) is 3.93. The number of rotatable bonds is 3. The van der Waals surface area contributed by atoms with Crippen LogP contribution in [0.2, 0.25) is 0 Å². The lowest BCUT2D eigenvalue weighted by Gasteiger charge is -2.17. The molecule has 0 aromatic carbocycles. The predicted molar refractivity (Wildman–Crippen MR) is 56.1 cm³/mol. The molecule has 0 aromatic rings. The van der Waals surface area contributed by atoms with Crippen LogP contribution in [0.3, 0.4) is 0 Å². The Morgan fingerprint density at radius 2 is 2.27 bits per heavy atom. The van der Waals surface area contributed by atoms with Crippen molar-refractivity contribution >= 4 is 28.3 Å². The van der Waals surface area contributed by atoms with Gasteiger partial charge >= 0.3 is 0 Å². The van der Waals surface area contributed by atoms with E-state index in [-0.39, 0.29) is 0 Å². The van der Waals surface area contributed by atoms with Crippen LogP contribution in [0.4, 0.5) is 0 Å². The highest BCUT2D eigenvalue weighted by Crippen LogP contribution is 2.28. The lowest BCUT2D eigenvalue weighted by molar-refractivity contribution is 0.474. The molecule has 3 heteroatoms. The molecule has 0 amide bonds. The standard InChI is InChI=1S/C8H15NS2/c1-3-6(4-2)7-5-9-8(10)11-7/h6-7H,3-5H2,1-2H3,(H,9,10). The summed E-state index contributed by atoms with van der Waals surface area (Å²) in [5, 5.41) is 3.95. The van der Waals surface area contributed by atoms with Crippen molar-refractivity contribution in [1.82, 2.24) is 5.32 Å². The van der Waals surface area contributed by atoms with Crippen LogP contribution in [0.5, 0.6) is 0 Å². The molecule has 1 heterocycles. The average molecular weight is 189 g/mol.